The van der Waals surface area contributed by atoms with Gasteiger partial charge in [0, 0.05) is 19.2 Å². The summed E-state index contributed by atoms with van der Waals surface area (Å²) in [6.45, 7) is 4.91. The molecule has 1 aliphatic carbocycles. The van der Waals surface area contributed by atoms with Crippen molar-refractivity contribution in [3.05, 3.63) is 60.3 Å². The van der Waals surface area contributed by atoms with E-state index in [0.717, 1.165) is 12.1 Å². The Kier molecular flexibility index (Phi) is 7.30. The van der Waals surface area contributed by atoms with Crippen molar-refractivity contribution in [2.75, 3.05) is 29.9 Å². The molecular formula is C25H30N4O5S. The Morgan fingerprint density at radius 2 is 1.71 bits per heavy atom. The van der Waals surface area contributed by atoms with Gasteiger partial charge in [0.15, 0.2) is 6.61 Å². The van der Waals surface area contributed by atoms with Crippen molar-refractivity contribution >= 4 is 27.4 Å². The molecule has 3 aromatic rings. The van der Waals surface area contributed by atoms with Crippen molar-refractivity contribution in [1.82, 2.24) is 9.78 Å². The maximum absolute atomic E-state index is 13.0. The molecule has 0 spiro atoms. The predicted octanol–water partition coefficient (Wildman–Crippen LogP) is 3.84. The van der Waals surface area contributed by atoms with Crippen molar-refractivity contribution in [2.24, 2.45) is 5.92 Å². The van der Waals surface area contributed by atoms with Gasteiger partial charge in [-0.15, -0.1) is 0 Å². The number of aryl methyl sites for hydroxylation is 1. The molecule has 10 heteroatoms. The van der Waals surface area contributed by atoms with Crippen LogP contribution < -0.4 is 19.1 Å². The second-order valence-corrected chi connectivity index (χ2v) is 10.5. The van der Waals surface area contributed by atoms with E-state index in [0.29, 0.717) is 35.5 Å². The monoisotopic (exact) mass is 498 g/mol. The summed E-state index contributed by atoms with van der Waals surface area (Å²) in [7, 11) is -2.25. The van der Waals surface area contributed by atoms with Gasteiger partial charge in [-0.2, -0.15) is 5.10 Å². The summed E-state index contributed by atoms with van der Waals surface area (Å²) < 4.78 is 40.0. The van der Waals surface area contributed by atoms with Crippen molar-refractivity contribution in [2.45, 2.75) is 38.1 Å². The number of benzene rings is 2. The lowest BCUT2D eigenvalue weighted by Crippen LogP contribution is -2.26. The number of ether oxygens (including phenoxy) is 2. The Hall–Kier alpha value is -3.53. The number of aromatic nitrogens is 2. The van der Waals surface area contributed by atoms with Crippen molar-refractivity contribution in [3.63, 3.8) is 0 Å². The molecule has 0 unspecified atom stereocenters. The van der Waals surface area contributed by atoms with Gasteiger partial charge < -0.3 is 14.8 Å². The van der Waals surface area contributed by atoms with Gasteiger partial charge in [-0.05, 0) is 81.1 Å². The number of anilines is 2. The largest absolute Gasteiger partial charge is 0.494 e. The molecule has 1 aromatic heterocycles. The number of hydrogen-bond donors (Lipinski definition) is 1. The first-order chi connectivity index (χ1) is 16.8. The van der Waals surface area contributed by atoms with E-state index in [1.165, 1.54) is 36.3 Å². The quantitative estimate of drug-likeness (QED) is 0.431. The minimum absolute atomic E-state index is 0.164. The molecule has 0 atom stereocenters. The zero-order chi connectivity index (χ0) is 25.0. The molecule has 1 fully saturated rings. The minimum atomic E-state index is -3.74. The standard InChI is InChI=1S/C25H30N4O5S/c1-4-33-21-11-13-23(14-12-21)35(31,32)28(3)20-7-9-22(10-8-20)34-17-24(30)27-25-18(2)15-26-29(25)16-19-5-6-19/h7-15,19H,4-6,16-17H2,1-3H3,(H,27,30). The molecule has 1 amide bonds. The molecule has 0 aliphatic heterocycles. The van der Waals surface area contributed by atoms with Crippen LogP contribution in [0.4, 0.5) is 11.5 Å². The summed E-state index contributed by atoms with van der Waals surface area (Å²) in [5.74, 6) is 2.11. The lowest BCUT2D eigenvalue weighted by molar-refractivity contribution is -0.118. The highest BCUT2D eigenvalue weighted by molar-refractivity contribution is 7.92. The summed E-state index contributed by atoms with van der Waals surface area (Å²) >= 11 is 0. The molecule has 4 rings (SSSR count). The first kappa shape index (κ1) is 24.6. The van der Waals surface area contributed by atoms with Crippen LogP contribution in [0.3, 0.4) is 0 Å². The van der Waals surface area contributed by atoms with Crippen LogP contribution >= 0.6 is 0 Å². The van der Waals surface area contributed by atoms with Crippen LogP contribution in [-0.4, -0.2) is 44.4 Å². The number of sulfonamides is 1. The van der Waals surface area contributed by atoms with Crippen LogP contribution in [0.15, 0.2) is 59.6 Å². The summed E-state index contributed by atoms with van der Waals surface area (Å²) in [6, 6.07) is 12.8. The number of nitrogens with zero attached hydrogens (tertiary/aromatic N) is 3. The average molecular weight is 499 g/mol. The van der Waals surface area contributed by atoms with Crippen molar-refractivity contribution < 1.29 is 22.7 Å². The van der Waals surface area contributed by atoms with Gasteiger partial charge in [0.05, 0.1) is 23.4 Å². The second kappa shape index (κ2) is 10.4. The third-order valence-electron chi connectivity index (χ3n) is 5.77. The third-order valence-corrected chi connectivity index (χ3v) is 7.57. The molecule has 2 aromatic carbocycles. The van der Waals surface area contributed by atoms with Crippen LogP contribution in [0, 0.1) is 12.8 Å². The summed E-state index contributed by atoms with van der Waals surface area (Å²) in [5.41, 5.74) is 1.37. The molecular weight excluding hydrogens is 468 g/mol. The maximum Gasteiger partial charge on any atom is 0.264 e. The fourth-order valence-corrected chi connectivity index (χ4v) is 4.76. The summed E-state index contributed by atoms with van der Waals surface area (Å²) in [6.07, 6.45) is 4.14. The van der Waals surface area contributed by atoms with Crippen LogP contribution in [0.2, 0.25) is 0 Å². The number of hydrogen-bond acceptors (Lipinski definition) is 6. The first-order valence-electron chi connectivity index (χ1n) is 11.5. The highest BCUT2D eigenvalue weighted by Crippen LogP contribution is 2.32. The lowest BCUT2D eigenvalue weighted by Gasteiger charge is -2.20. The first-order valence-corrected chi connectivity index (χ1v) is 13.0. The second-order valence-electron chi connectivity index (χ2n) is 8.51. The molecule has 1 heterocycles. The van der Waals surface area contributed by atoms with Crippen LogP contribution in [0.1, 0.15) is 25.3 Å². The van der Waals surface area contributed by atoms with E-state index in [2.05, 4.69) is 10.4 Å². The number of carbonyl (C=O) groups excluding carboxylic acids is 1. The number of rotatable bonds is 11. The van der Waals surface area contributed by atoms with E-state index in [1.807, 2.05) is 18.5 Å². The number of amides is 1. The third kappa shape index (κ3) is 5.94. The predicted molar refractivity (Wildman–Crippen MR) is 133 cm³/mol. The van der Waals surface area contributed by atoms with E-state index < -0.39 is 10.0 Å². The molecule has 0 radical (unpaired) electrons. The van der Waals surface area contributed by atoms with Crippen molar-refractivity contribution in [3.8, 4) is 11.5 Å². The van der Waals surface area contributed by atoms with Gasteiger partial charge in [-0.1, -0.05) is 0 Å². The summed E-state index contributed by atoms with van der Waals surface area (Å²) in [5, 5.41) is 7.23. The smallest absolute Gasteiger partial charge is 0.264 e. The fourth-order valence-electron chi connectivity index (χ4n) is 3.57. The Bertz CT molecular complexity index is 1270. The Morgan fingerprint density at radius 3 is 2.34 bits per heavy atom. The topological polar surface area (TPSA) is 103 Å². The van der Waals surface area contributed by atoms with E-state index >= 15 is 0 Å². The van der Waals surface area contributed by atoms with E-state index in [9.17, 15) is 13.2 Å². The van der Waals surface area contributed by atoms with Gasteiger partial charge in [0.1, 0.15) is 17.3 Å². The van der Waals surface area contributed by atoms with Gasteiger partial charge >= 0.3 is 0 Å². The molecule has 0 saturated heterocycles. The Morgan fingerprint density at radius 1 is 1.09 bits per heavy atom. The zero-order valence-corrected chi connectivity index (χ0v) is 20.9. The van der Waals surface area contributed by atoms with Crippen LogP contribution in [-0.2, 0) is 21.4 Å². The normalized spacial score (nSPS) is 13.3. The molecule has 186 valence electrons. The molecule has 1 N–H and O–H groups in total. The van der Waals surface area contributed by atoms with E-state index in [-0.39, 0.29) is 17.4 Å². The van der Waals surface area contributed by atoms with E-state index in [1.54, 1.807) is 42.6 Å². The highest BCUT2D eigenvalue weighted by Gasteiger charge is 2.24. The molecule has 0 bridgehead atoms. The lowest BCUT2D eigenvalue weighted by atomic mass is 10.3. The van der Waals surface area contributed by atoms with E-state index in [4.69, 9.17) is 9.47 Å². The number of carbonyl (C=O) groups is 1. The summed E-state index contributed by atoms with van der Waals surface area (Å²) in [4.78, 5) is 12.6. The average Bonchev–Trinajstić information content (AvgIpc) is 3.62. The minimum Gasteiger partial charge on any atom is -0.494 e. The van der Waals surface area contributed by atoms with Crippen LogP contribution in [0.25, 0.3) is 0 Å². The van der Waals surface area contributed by atoms with Gasteiger partial charge in [-0.25, -0.2) is 13.1 Å². The molecule has 1 saturated carbocycles. The fraction of sp³-hybridized carbons (Fsp3) is 0.360. The van der Waals surface area contributed by atoms with Crippen LogP contribution in [0.5, 0.6) is 11.5 Å². The Labute approximate surface area is 205 Å². The zero-order valence-electron chi connectivity index (χ0n) is 20.1. The van der Waals surface area contributed by atoms with Crippen molar-refractivity contribution in [1.29, 1.82) is 0 Å². The number of nitrogens with one attached hydrogen (secondary N) is 1. The molecule has 1 aliphatic rings. The Balaban J connectivity index is 1.34. The molecule has 35 heavy (non-hydrogen) atoms. The SMILES string of the molecule is CCOc1ccc(S(=O)(=O)N(C)c2ccc(OCC(=O)Nc3c(C)cnn3CC3CC3)cc2)cc1. The molecule has 9 nitrogen and oxygen atoms in total. The highest BCUT2D eigenvalue weighted by atomic mass is 32.2. The van der Waals surface area contributed by atoms with Gasteiger partial charge in [0.2, 0.25) is 0 Å². The maximum atomic E-state index is 13.0. The van der Waals surface area contributed by atoms with Gasteiger partial charge in [-0.3, -0.25) is 9.10 Å². The van der Waals surface area contributed by atoms with Gasteiger partial charge in [0.25, 0.3) is 15.9 Å².